The Morgan fingerprint density at radius 2 is 2.11 bits per heavy atom. The molecule has 1 aromatic heterocycles. The van der Waals surface area contributed by atoms with Crippen LogP contribution in [0.1, 0.15) is 30.6 Å². The highest BCUT2D eigenvalue weighted by Crippen LogP contribution is 2.19. The second kappa shape index (κ2) is 5.69. The van der Waals surface area contributed by atoms with Crippen LogP contribution in [-0.2, 0) is 0 Å². The minimum atomic E-state index is -0.0917. The molecule has 0 spiro atoms. The number of hydrogen-bond donors (Lipinski definition) is 2. The van der Waals surface area contributed by atoms with Crippen molar-refractivity contribution in [3.05, 3.63) is 35.9 Å². The van der Waals surface area contributed by atoms with Gasteiger partial charge in [0.25, 0.3) is 5.91 Å². The second-order valence-electron chi connectivity index (χ2n) is 5.05. The van der Waals surface area contributed by atoms with Gasteiger partial charge in [0, 0.05) is 11.9 Å². The van der Waals surface area contributed by atoms with E-state index in [0.717, 1.165) is 17.3 Å². The summed E-state index contributed by atoms with van der Waals surface area (Å²) in [4.78, 5) is 16.4. The zero-order valence-electron chi connectivity index (χ0n) is 11.3. The van der Waals surface area contributed by atoms with Gasteiger partial charge in [0.05, 0.1) is 11.1 Å². The average Bonchev–Trinajstić information content (AvgIpc) is 2.37. The molecule has 0 saturated carbocycles. The first-order valence-corrected chi connectivity index (χ1v) is 6.51. The van der Waals surface area contributed by atoms with Crippen molar-refractivity contribution in [2.45, 2.75) is 20.3 Å². The van der Waals surface area contributed by atoms with E-state index in [1.54, 1.807) is 6.07 Å². The van der Waals surface area contributed by atoms with Crippen molar-refractivity contribution in [2.75, 3.05) is 12.3 Å². The topological polar surface area (TPSA) is 68.0 Å². The lowest BCUT2D eigenvalue weighted by molar-refractivity contribution is 0.0953. The third kappa shape index (κ3) is 3.22. The van der Waals surface area contributed by atoms with E-state index in [-0.39, 0.29) is 5.91 Å². The Balaban J connectivity index is 2.26. The largest absolute Gasteiger partial charge is 0.384 e. The highest BCUT2D eigenvalue weighted by molar-refractivity contribution is 6.06. The number of nitrogens with one attached hydrogen (secondary N) is 1. The van der Waals surface area contributed by atoms with Crippen molar-refractivity contribution in [3.63, 3.8) is 0 Å². The van der Waals surface area contributed by atoms with E-state index in [4.69, 9.17) is 5.73 Å². The van der Waals surface area contributed by atoms with Gasteiger partial charge in [-0.2, -0.15) is 0 Å². The van der Waals surface area contributed by atoms with Crippen LogP contribution in [0.4, 0.5) is 5.82 Å². The Labute approximate surface area is 113 Å². The molecule has 19 heavy (non-hydrogen) atoms. The highest BCUT2D eigenvalue weighted by Gasteiger charge is 2.11. The molecule has 0 aliphatic rings. The number of carbonyl (C=O) groups excluding carboxylic acids is 1. The molecule has 4 heteroatoms. The maximum absolute atomic E-state index is 12.2. The number of nitrogens with two attached hydrogens (primary N) is 1. The zero-order valence-corrected chi connectivity index (χ0v) is 11.3. The van der Waals surface area contributed by atoms with Gasteiger partial charge in [-0.1, -0.05) is 32.0 Å². The molecule has 0 atom stereocenters. The molecule has 3 N–H and O–H groups in total. The van der Waals surface area contributed by atoms with Crippen LogP contribution in [0.3, 0.4) is 0 Å². The summed E-state index contributed by atoms with van der Waals surface area (Å²) in [6, 6.07) is 9.16. The summed E-state index contributed by atoms with van der Waals surface area (Å²) in [5.41, 5.74) is 7.08. The summed E-state index contributed by atoms with van der Waals surface area (Å²) in [7, 11) is 0. The number of pyridine rings is 1. The molecular weight excluding hydrogens is 238 g/mol. The van der Waals surface area contributed by atoms with Crippen LogP contribution >= 0.6 is 0 Å². The molecule has 100 valence electrons. The number of rotatable bonds is 4. The summed E-state index contributed by atoms with van der Waals surface area (Å²) >= 11 is 0. The summed E-state index contributed by atoms with van der Waals surface area (Å²) in [5.74, 6) is 0.846. The molecule has 4 nitrogen and oxygen atoms in total. The molecule has 0 bridgehead atoms. The predicted molar refractivity (Wildman–Crippen MR) is 77.9 cm³/mol. The van der Waals surface area contributed by atoms with Crippen molar-refractivity contribution in [1.29, 1.82) is 0 Å². The first-order chi connectivity index (χ1) is 9.08. The van der Waals surface area contributed by atoms with Crippen molar-refractivity contribution in [3.8, 4) is 0 Å². The monoisotopic (exact) mass is 257 g/mol. The third-order valence-electron chi connectivity index (χ3n) is 2.99. The van der Waals surface area contributed by atoms with E-state index in [1.165, 1.54) is 0 Å². The SMILES string of the molecule is CC(C)CCNC(=O)c1cc(N)nc2ccccc12. The summed E-state index contributed by atoms with van der Waals surface area (Å²) in [5, 5.41) is 3.76. The fourth-order valence-electron chi connectivity index (χ4n) is 1.95. The minimum Gasteiger partial charge on any atom is -0.384 e. The van der Waals surface area contributed by atoms with E-state index < -0.39 is 0 Å². The average molecular weight is 257 g/mol. The smallest absolute Gasteiger partial charge is 0.252 e. The number of para-hydroxylation sites is 1. The number of anilines is 1. The molecule has 0 unspecified atom stereocenters. The number of hydrogen-bond acceptors (Lipinski definition) is 3. The molecule has 1 heterocycles. The van der Waals surface area contributed by atoms with Crippen LogP contribution in [0.2, 0.25) is 0 Å². The maximum Gasteiger partial charge on any atom is 0.252 e. The van der Waals surface area contributed by atoms with Gasteiger partial charge < -0.3 is 11.1 Å². The number of aromatic nitrogens is 1. The fraction of sp³-hybridized carbons (Fsp3) is 0.333. The number of benzene rings is 1. The maximum atomic E-state index is 12.2. The quantitative estimate of drug-likeness (QED) is 0.884. The van der Waals surface area contributed by atoms with Crippen LogP contribution in [0.15, 0.2) is 30.3 Å². The number of amides is 1. The molecule has 2 aromatic rings. The van der Waals surface area contributed by atoms with Crippen LogP contribution < -0.4 is 11.1 Å². The zero-order chi connectivity index (χ0) is 13.8. The number of carbonyl (C=O) groups is 1. The van der Waals surface area contributed by atoms with E-state index in [0.29, 0.717) is 23.8 Å². The normalized spacial score (nSPS) is 10.9. The fourth-order valence-corrected chi connectivity index (χ4v) is 1.95. The van der Waals surface area contributed by atoms with Gasteiger partial charge >= 0.3 is 0 Å². The van der Waals surface area contributed by atoms with Crippen molar-refractivity contribution >= 4 is 22.6 Å². The molecule has 0 saturated heterocycles. The second-order valence-corrected chi connectivity index (χ2v) is 5.05. The van der Waals surface area contributed by atoms with Crippen LogP contribution in [0.25, 0.3) is 10.9 Å². The molecule has 1 amide bonds. The van der Waals surface area contributed by atoms with Gasteiger partial charge in [-0.05, 0) is 24.5 Å². The molecular formula is C15H19N3O. The van der Waals surface area contributed by atoms with E-state index in [1.807, 2.05) is 24.3 Å². The Hall–Kier alpha value is -2.10. The lowest BCUT2D eigenvalue weighted by atomic mass is 10.1. The first-order valence-electron chi connectivity index (χ1n) is 6.51. The Kier molecular flexibility index (Phi) is 4.00. The predicted octanol–water partition coefficient (Wildman–Crippen LogP) is 2.59. The van der Waals surface area contributed by atoms with E-state index in [2.05, 4.69) is 24.1 Å². The highest BCUT2D eigenvalue weighted by atomic mass is 16.1. The third-order valence-corrected chi connectivity index (χ3v) is 2.99. The molecule has 0 radical (unpaired) electrons. The Morgan fingerprint density at radius 1 is 1.37 bits per heavy atom. The Morgan fingerprint density at radius 3 is 2.84 bits per heavy atom. The van der Waals surface area contributed by atoms with Gasteiger partial charge in [0.2, 0.25) is 0 Å². The molecule has 0 aliphatic carbocycles. The van der Waals surface area contributed by atoms with Crippen molar-refractivity contribution < 1.29 is 4.79 Å². The van der Waals surface area contributed by atoms with E-state index in [9.17, 15) is 4.79 Å². The lowest BCUT2D eigenvalue weighted by Gasteiger charge is -2.10. The van der Waals surface area contributed by atoms with Crippen molar-refractivity contribution in [1.82, 2.24) is 10.3 Å². The minimum absolute atomic E-state index is 0.0917. The number of fused-ring (bicyclic) bond motifs is 1. The number of nitrogens with zero attached hydrogens (tertiary/aromatic N) is 1. The van der Waals surface area contributed by atoms with Crippen LogP contribution in [0, 0.1) is 5.92 Å². The standard InChI is InChI=1S/C15H19N3O/c1-10(2)7-8-17-15(19)12-9-14(16)18-13-6-4-3-5-11(12)13/h3-6,9-10H,7-8H2,1-2H3,(H2,16,18)(H,17,19). The van der Waals surface area contributed by atoms with Gasteiger partial charge in [-0.15, -0.1) is 0 Å². The van der Waals surface area contributed by atoms with Gasteiger partial charge in [0.15, 0.2) is 0 Å². The van der Waals surface area contributed by atoms with Gasteiger partial charge in [0.1, 0.15) is 5.82 Å². The molecule has 0 fully saturated rings. The molecule has 0 aliphatic heterocycles. The lowest BCUT2D eigenvalue weighted by Crippen LogP contribution is -2.25. The summed E-state index contributed by atoms with van der Waals surface area (Å²) in [6.45, 7) is 4.94. The summed E-state index contributed by atoms with van der Waals surface area (Å²) < 4.78 is 0. The van der Waals surface area contributed by atoms with Crippen LogP contribution in [0.5, 0.6) is 0 Å². The Bertz CT molecular complexity index is 593. The number of nitrogen functional groups attached to an aromatic ring is 1. The molecule has 2 rings (SSSR count). The molecule has 1 aromatic carbocycles. The summed E-state index contributed by atoms with van der Waals surface area (Å²) in [6.07, 6.45) is 0.963. The first kappa shape index (κ1) is 13.3. The van der Waals surface area contributed by atoms with Crippen molar-refractivity contribution in [2.24, 2.45) is 5.92 Å². The van der Waals surface area contributed by atoms with Gasteiger partial charge in [-0.3, -0.25) is 4.79 Å². The van der Waals surface area contributed by atoms with Crippen LogP contribution in [-0.4, -0.2) is 17.4 Å². The van der Waals surface area contributed by atoms with Gasteiger partial charge in [-0.25, -0.2) is 4.98 Å². The van der Waals surface area contributed by atoms with E-state index >= 15 is 0 Å².